The molecule has 0 aromatic heterocycles. The Balaban J connectivity index is 1.72. The molecule has 20 heavy (non-hydrogen) atoms. The first-order valence-corrected chi connectivity index (χ1v) is 8.52. The van der Waals surface area contributed by atoms with Gasteiger partial charge in [0, 0.05) is 0 Å². The molecule has 4 rings (SSSR count). The van der Waals surface area contributed by atoms with E-state index in [9.17, 15) is 5.11 Å². The van der Waals surface area contributed by atoms with Gasteiger partial charge in [0.25, 0.3) is 0 Å². The van der Waals surface area contributed by atoms with Gasteiger partial charge < -0.3 is 5.11 Å². The van der Waals surface area contributed by atoms with Crippen LogP contribution in [0.15, 0.2) is 24.3 Å². The maximum absolute atomic E-state index is 10.6. The van der Waals surface area contributed by atoms with Crippen molar-refractivity contribution >= 4 is 0 Å². The van der Waals surface area contributed by atoms with Crippen molar-refractivity contribution in [2.75, 3.05) is 0 Å². The molecule has 2 fully saturated rings. The smallest absolute Gasteiger partial charge is 0.0599 e. The lowest BCUT2D eigenvalue weighted by molar-refractivity contribution is -0.0394. The van der Waals surface area contributed by atoms with Crippen molar-refractivity contribution in [1.82, 2.24) is 0 Å². The van der Waals surface area contributed by atoms with Gasteiger partial charge in [0.15, 0.2) is 0 Å². The van der Waals surface area contributed by atoms with E-state index in [0.29, 0.717) is 0 Å². The highest BCUT2D eigenvalue weighted by Gasteiger charge is 2.55. The topological polar surface area (TPSA) is 20.2 Å². The summed E-state index contributed by atoms with van der Waals surface area (Å²) in [6.07, 6.45) is 8.58. The Labute approximate surface area is 122 Å². The molecule has 1 nitrogen and oxygen atoms in total. The van der Waals surface area contributed by atoms with Gasteiger partial charge in [0.05, 0.1) is 6.10 Å². The van der Waals surface area contributed by atoms with E-state index in [2.05, 4.69) is 31.2 Å². The molecule has 0 spiro atoms. The zero-order valence-corrected chi connectivity index (χ0v) is 12.5. The quantitative estimate of drug-likeness (QED) is 0.807. The molecule has 0 amide bonds. The highest BCUT2D eigenvalue weighted by Crippen LogP contribution is 2.62. The van der Waals surface area contributed by atoms with Crippen molar-refractivity contribution in [2.45, 2.75) is 63.9 Å². The zero-order chi connectivity index (χ0) is 13.7. The van der Waals surface area contributed by atoms with Crippen molar-refractivity contribution in [1.29, 1.82) is 0 Å². The maximum Gasteiger partial charge on any atom is 0.0599 e. The Bertz CT molecular complexity index is 508. The molecule has 0 saturated heterocycles. The summed E-state index contributed by atoms with van der Waals surface area (Å²) in [5.41, 5.74) is 3.49. The van der Waals surface area contributed by atoms with Crippen LogP contribution in [-0.2, 0) is 6.42 Å². The maximum atomic E-state index is 10.6. The number of benzene rings is 1. The van der Waals surface area contributed by atoms with Gasteiger partial charge in [-0.3, -0.25) is 0 Å². The first-order valence-electron chi connectivity index (χ1n) is 8.52. The standard InChI is InChI=1S/C19H26O/c1-2-19-12-11-15-14-6-4-3-5-13(14)7-8-16(15)17(19)9-10-18(19)20/h3-6,15-18,20H,2,7-12H2,1H3/t15-,16-,17+,18+,19+/m1/s1. The van der Waals surface area contributed by atoms with Gasteiger partial charge in [0.2, 0.25) is 0 Å². The largest absolute Gasteiger partial charge is 0.393 e. The van der Waals surface area contributed by atoms with Crippen LogP contribution in [0.2, 0.25) is 0 Å². The van der Waals surface area contributed by atoms with Crippen LogP contribution in [0.3, 0.4) is 0 Å². The fourth-order valence-corrected chi connectivity index (χ4v) is 5.98. The molecule has 0 radical (unpaired) electrons. The third-order valence-electron chi connectivity index (χ3n) is 6.97. The number of aryl methyl sites for hydroxylation is 1. The summed E-state index contributed by atoms with van der Waals surface area (Å²) < 4.78 is 0. The molecular formula is C19H26O. The number of aliphatic hydroxyl groups is 1. The average molecular weight is 270 g/mol. The van der Waals surface area contributed by atoms with Gasteiger partial charge >= 0.3 is 0 Å². The van der Waals surface area contributed by atoms with Crippen LogP contribution in [0.4, 0.5) is 0 Å². The summed E-state index contributed by atoms with van der Waals surface area (Å²) in [6.45, 7) is 2.30. The Morgan fingerprint density at radius 1 is 1.15 bits per heavy atom. The molecule has 1 aromatic carbocycles. The SMILES string of the molecule is CC[C@]12CC[C@@H]3c4ccccc4CC[C@H]3[C@@H]1CC[C@@H]2O. The Kier molecular flexibility index (Phi) is 2.96. The van der Waals surface area contributed by atoms with Crippen LogP contribution in [0.5, 0.6) is 0 Å². The van der Waals surface area contributed by atoms with Crippen molar-refractivity contribution < 1.29 is 5.11 Å². The zero-order valence-electron chi connectivity index (χ0n) is 12.5. The lowest BCUT2D eigenvalue weighted by atomic mass is 9.54. The van der Waals surface area contributed by atoms with Gasteiger partial charge in [-0.1, -0.05) is 31.2 Å². The van der Waals surface area contributed by atoms with Crippen LogP contribution in [-0.4, -0.2) is 11.2 Å². The number of aliphatic hydroxyl groups excluding tert-OH is 1. The molecule has 5 atom stereocenters. The van der Waals surface area contributed by atoms with Crippen molar-refractivity contribution in [3.8, 4) is 0 Å². The Morgan fingerprint density at radius 2 is 2.00 bits per heavy atom. The van der Waals surface area contributed by atoms with E-state index in [1.54, 1.807) is 11.1 Å². The van der Waals surface area contributed by atoms with E-state index in [1.165, 1.54) is 38.5 Å². The van der Waals surface area contributed by atoms with Crippen LogP contribution in [0, 0.1) is 17.3 Å². The highest BCUT2D eigenvalue weighted by molar-refractivity contribution is 5.35. The Morgan fingerprint density at radius 3 is 2.85 bits per heavy atom. The molecule has 108 valence electrons. The monoisotopic (exact) mass is 270 g/mol. The normalized spacial score (nSPS) is 42.7. The molecule has 0 heterocycles. The van der Waals surface area contributed by atoms with E-state index in [1.807, 2.05) is 0 Å². The predicted octanol–water partition coefficient (Wildman–Crippen LogP) is 4.29. The lowest BCUT2D eigenvalue weighted by Crippen LogP contribution is -2.45. The third-order valence-corrected chi connectivity index (χ3v) is 6.97. The summed E-state index contributed by atoms with van der Waals surface area (Å²) in [5, 5.41) is 10.6. The van der Waals surface area contributed by atoms with Gasteiger partial charge in [-0.25, -0.2) is 0 Å². The molecule has 1 heteroatoms. The first-order chi connectivity index (χ1) is 9.76. The van der Waals surface area contributed by atoms with E-state index < -0.39 is 0 Å². The van der Waals surface area contributed by atoms with Gasteiger partial charge in [0.1, 0.15) is 0 Å². The molecule has 0 aliphatic heterocycles. The number of hydrogen-bond acceptors (Lipinski definition) is 1. The van der Waals surface area contributed by atoms with Crippen LogP contribution in [0.25, 0.3) is 0 Å². The van der Waals surface area contributed by atoms with Gasteiger partial charge in [-0.05, 0) is 79.2 Å². The van der Waals surface area contributed by atoms with Crippen molar-refractivity contribution in [3.63, 3.8) is 0 Å². The molecule has 2 saturated carbocycles. The van der Waals surface area contributed by atoms with E-state index in [-0.39, 0.29) is 11.5 Å². The summed E-state index contributed by atoms with van der Waals surface area (Å²) in [7, 11) is 0. The highest BCUT2D eigenvalue weighted by atomic mass is 16.3. The fourth-order valence-electron chi connectivity index (χ4n) is 5.98. The van der Waals surface area contributed by atoms with Crippen LogP contribution in [0.1, 0.15) is 62.5 Å². The molecule has 0 bridgehead atoms. The summed E-state index contributed by atoms with van der Waals surface area (Å²) in [6, 6.07) is 9.11. The minimum Gasteiger partial charge on any atom is -0.393 e. The van der Waals surface area contributed by atoms with E-state index >= 15 is 0 Å². The molecule has 0 unspecified atom stereocenters. The minimum absolute atomic E-state index is 0.0318. The minimum atomic E-state index is -0.0318. The van der Waals surface area contributed by atoms with Crippen molar-refractivity contribution in [3.05, 3.63) is 35.4 Å². The second-order valence-electron chi connectivity index (χ2n) is 7.33. The first kappa shape index (κ1) is 12.9. The van der Waals surface area contributed by atoms with Gasteiger partial charge in [-0.2, -0.15) is 0 Å². The molecule has 1 aromatic rings. The fraction of sp³-hybridized carbons (Fsp3) is 0.684. The van der Waals surface area contributed by atoms with Gasteiger partial charge in [-0.15, -0.1) is 0 Å². The average Bonchev–Trinajstić information content (AvgIpc) is 2.85. The molecule has 3 aliphatic carbocycles. The third kappa shape index (κ3) is 1.59. The van der Waals surface area contributed by atoms with Crippen LogP contribution < -0.4 is 0 Å². The lowest BCUT2D eigenvalue weighted by Gasteiger charge is -2.51. The second-order valence-corrected chi connectivity index (χ2v) is 7.33. The van der Waals surface area contributed by atoms with E-state index in [0.717, 1.165) is 24.2 Å². The Hall–Kier alpha value is -0.820. The predicted molar refractivity (Wildman–Crippen MR) is 81.7 cm³/mol. The summed E-state index contributed by atoms with van der Waals surface area (Å²) >= 11 is 0. The number of hydrogen-bond donors (Lipinski definition) is 1. The molecule has 3 aliphatic rings. The summed E-state index contributed by atoms with van der Waals surface area (Å²) in [5.74, 6) is 2.38. The number of rotatable bonds is 1. The second kappa shape index (κ2) is 4.59. The molecule has 1 N–H and O–H groups in total. The summed E-state index contributed by atoms with van der Waals surface area (Å²) in [4.78, 5) is 0. The van der Waals surface area contributed by atoms with Crippen LogP contribution >= 0.6 is 0 Å². The van der Waals surface area contributed by atoms with E-state index in [4.69, 9.17) is 0 Å². The molecular weight excluding hydrogens is 244 g/mol. The van der Waals surface area contributed by atoms with Crippen molar-refractivity contribution in [2.24, 2.45) is 17.3 Å². The number of fused-ring (bicyclic) bond motifs is 5.